The zero-order valence-electron chi connectivity index (χ0n) is 13.1. The molecule has 112 valence electrons. The summed E-state index contributed by atoms with van der Waals surface area (Å²) in [7, 11) is 2.19. The third-order valence-corrected chi connectivity index (χ3v) is 4.11. The first kappa shape index (κ1) is 17.4. The first-order valence-electron chi connectivity index (χ1n) is 7.17. The van der Waals surface area contributed by atoms with E-state index in [9.17, 15) is 0 Å². The van der Waals surface area contributed by atoms with Crippen molar-refractivity contribution in [2.24, 2.45) is 0 Å². The van der Waals surface area contributed by atoms with Crippen molar-refractivity contribution in [3.63, 3.8) is 0 Å². The lowest BCUT2D eigenvalue weighted by Crippen LogP contribution is -2.24. The number of rotatable bonds is 1. The van der Waals surface area contributed by atoms with Gasteiger partial charge >= 0.3 is 0 Å². The normalized spacial score (nSPS) is 12.9. The smallest absolute Gasteiger partial charge is 0.0327 e. The molecule has 0 saturated carbocycles. The van der Waals surface area contributed by atoms with Gasteiger partial charge in [-0.1, -0.05) is 61.7 Å². The molecule has 0 amide bonds. The molecule has 1 aliphatic rings. The third-order valence-electron chi connectivity index (χ3n) is 3.03. The van der Waals surface area contributed by atoms with Crippen LogP contribution in [-0.2, 0) is 13.0 Å². The van der Waals surface area contributed by atoms with Gasteiger partial charge in [0, 0.05) is 22.8 Å². The van der Waals surface area contributed by atoms with Crippen molar-refractivity contribution in [3.05, 3.63) is 83.1 Å². The average molecular weight is 299 g/mol. The minimum atomic E-state index is 1.16. The molecular formula is C19H25NS. The number of allylic oxidation sites excluding steroid dienone is 2. The second-order valence-corrected chi connectivity index (χ2v) is 6.26. The maximum atomic E-state index is 3.36. The molecule has 0 unspecified atom stereocenters. The van der Waals surface area contributed by atoms with E-state index in [0.29, 0.717) is 0 Å². The van der Waals surface area contributed by atoms with Crippen LogP contribution in [0.25, 0.3) is 0 Å². The van der Waals surface area contributed by atoms with Crippen LogP contribution in [-0.4, -0.2) is 18.5 Å². The predicted octanol–water partition coefficient (Wildman–Crippen LogP) is 5.09. The molecule has 21 heavy (non-hydrogen) atoms. The molecule has 2 aromatic rings. The second kappa shape index (κ2) is 10.1. The summed E-state index contributed by atoms with van der Waals surface area (Å²) in [5, 5.41) is 0. The average Bonchev–Trinajstić information content (AvgIpc) is 2.89. The Labute approximate surface area is 133 Å². The van der Waals surface area contributed by atoms with Crippen LogP contribution >= 0.6 is 11.3 Å². The fourth-order valence-electron chi connectivity index (χ4n) is 1.98. The summed E-state index contributed by atoms with van der Waals surface area (Å²) < 4.78 is 0. The fraction of sp³-hybridized carbons (Fsp3) is 0.263. The third kappa shape index (κ3) is 7.07. The van der Waals surface area contributed by atoms with Crippen LogP contribution in [0.15, 0.2) is 67.8 Å². The Bertz CT molecular complexity index is 495. The van der Waals surface area contributed by atoms with Crippen molar-refractivity contribution in [2.75, 3.05) is 13.6 Å². The minimum absolute atomic E-state index is 1.16. The number of benzene rings is 1. The van der Waals surface area contributed by atoms with E-state index in [-0.39, 0.29) is 0 Å². The molecule has 0 aliphatic carbocycles. The zero-order valence-corrected chi connectivity index (χ0v) is 13.9. The predicted molar refractivity (Wildman–Crippen MR) is 95.9 cm³/mol. The van der Waals surface area contributed by atoms with Crippen LogP contribution in [0.2, 0.25) is 0 Å². The van der Waals surface area contributed by atoms with E-state index in [0.717, 1.165) is 6.54 Å². The number of thiophene rings is 1. The van der Waals surface area contributed by atoms with Crippen molar-refractivity contribution in [1.82, 2.24) is 4.90 Å². The summed E-state index contributed by atoms with van der Waals surface area (Å²) >= 11 is 1.95. The lowest BCUT2D eigenvalue weighted by molar-refractivity contribution is 0.317. The topological polar surface area (TPSA) is 3.24 Å². The summed E-state index contributed by atoms with van der Waals surface area (Å²) in [6.07, 6.45) is 4.52. The molecule has 0 atom stereocenters. The molecule has 0 N–H and O–H groups in total. The van der Waals surface area contributed by atoms with E-state index < -0.39 is 0 Å². The molecule has 0 radical (unpaired) electrons. The Balaban J connectivity index is 0.000000187. The number of likely N-dealkylation sites (N-methyl/N-ethyl adjacent to an activating group) is 1. The van der Waals surface area contributed by atoms with Crippen LogP contribution in [0.3, 0.4) is 0 Å². The van der Waals surface area contributed by atoms with E-state index in [1.165, 1.54) is 17.8 Å². The molecule has 1 aromatic carbocycles. The molecule has 1 nitrogen and oxygen atoms in total. The Kier molecular flexibility index (Phi) is 8.41. The Morgan fingerprint density at radius 2 is 1.57 bits per heavy atom. The van der Waals surface area contributed by atoms with Crippen molar-refractivity contribution in [3.8, 4) is 0 Å². The van der Waals surface area contributed by atoms with Crippen LogP contribution in [0, 0.1) is 6.92 Å². The van der Waals surface area contributed by atoms with E-state index in [4.69, 9.17) is 0 Å². The molecule has 0 spiro atoms. The van der Waals surface area contributed by atoms with E-state index in [2.05, 4.69) is 38.1 Å². The highest BCUT2D eigenvalue weighted by atomic mass is 32.1. The van der Waals surface area contributed by atoms with Crippen LogP contribution in [0.4, 0.5) is 0 Å². The molecule has 0 saturated heterocycles. The number of hydrogen-bond acceptors (Lipinski definition) is 2. The van der Waals surface area contributed by atoms with Crippen LogP contribution in [0.5, 0.6) is 0 Å². The lowest BCUT2D eigenvalue weighted by atomic mass is 10.1. The first-order chi connectivity index (χ1) is 10.2. The molecule has 2 heterocycles. The van der Waals surface area contributed by atoms with Crippen molar-refractivity contribution >= 4 is 11.3 Å². The zero-order chi connectivity index (χ0) is 15.5. The number of hydrogen-bond donors (Lipinski definition) is 0. The second-order valence-electron chi connectivity index (χ2n) is 4.92. The summed E-state index contributed by atoms with van der Waals surface area (Å²) in [6, 6.07) is 14.3. The summed E-state index contributed by atoms with van der Waals surface area (Å²) in [6.45, 7) is 11.3. The summed E-state index contributed by atoms with van der Waals surface area (Å²) in [4.78, 5) is 5.43. The van der Waals surface area contributed by atoms with Gasteiger partial charge in [0.2, 0.25) is 0 Å². The Hall–Kier alpha value is -1.64. The molecule has 3 rings (SSSR count). The number of fused-ring (bicyclic) bond motifs is 1. The van der Waals surface area contributed by atoms with E-state index in [1.807, 2.05) is 47.7 Å². The van der Waals surface area contributed by atoms with Gasteiger partial charge < -0.3 is 4.90 Å². The molecule has 1 aromatic heterocycles. The number of nitrogens with zero attached hydrogens (tertiary/aromatic N) is 1. The van der Waals surface area contributed by atoms with Crippen LogP contribution in [0.1, 0.15) is 15.3 Å². The Morgan fingerprint density at radius 3 is 2.05 bits per heavy atom. The Morgan fingerprint density at radius 1 is 1.05 bits per heavy atom. The maximum absolute atomic E-state index is 3.36. The van der Waals surface area contributed by atoms with Crippen molar-refractivity contribution in [2.45, 2.75) is 19.9 Å². The monoisotopic (exact) mass is 299 g/mol. The van der Waals surface area contributed by atoms with Gasteiger partial charge in [0.05, 0.1) is 0 Å². The SMILES string of the molecule is C=CC=C.Cc1cc2c(s1)CN(C)CC2.c1ccccc1. The van der Waals surface area contributed by atoms with Crippen molar-refractivity contribution in [1.29, 1.82) is 0 Å². The van der Waals surface area contributed by atoms with Crippen molar-refractivity contribution < 1.29 is 0 Å². The van der Waals surface area contributed by atoms with Gasteiger partial charge in [-0.25, -0.2) is 0 Å². The van der Waals surface area contributed by atoms with Crippen LogP contribution < -0.4 is 0 Å². The molecule has 2 heteroatoms. The number of aryl methyl sites for hydroxylation is 1. The highest BCUT2D eigenvalue weighted by molar-refractivity contribution is 7.12. The van der Waals surface area contributed by atoms with Gasteiger partial charge in [-0.3, -0.25) is 0 Å². The van der Waals surface area contributed by atoms with Gasteiger partial charge in [-0.15, -0.1) is 11.3 Å². The van der Waals surface area contributed by atoms with Gasteiger partial charge in [-0.2, -0.15) is 0 Å². The molecular weight excluding hydrogens is 274 g/mol. The van der Waals surface area contributed by atoms with Gasteiger partial charge in [0.15, 0.2) is 0 Å². The molecule has 1 aliphatic heterocycles. The fourth-order valence-corrected chi connectivity index (χ4v) is 3.15. The van der Waals surface area contributed by atoms with Gasteiger partial charge in [-0.05, 0) is 32.0 Å². The first-order valence-corrected chi connectivity index (χ1v) is 7.99. The maximum Gasteiger partial charge on any atom is 0.0327 e. The highest BCUT2D eigenvalue weighted by Gasteiger charge is 2.14. The highest BCUT2D eigenvalue weighted by Crippen LogP contribution is 2.26. The van der Waals surface area contributed by atoms with E-state index >= 15 is 0 Å². The standard InChI is InChI=1S/C9H13NS.C6H6.C4H6/c1-7-5-8-3-4-10(2)6-9(8)11-7;1-2-4-6-5-3-1;1-3-4-2/h5H,3-4,6H2,1-2H3;1-6H;3-4H,1-2H2. The molecule has 0 bridgehead atoms. The molecule has 0 fully saturated rings. The summed E-state index contributed by atoms with van der Waals surface area (Å²) in [5.41, 5.74) is 1.59. The van der Waals surface area contributed by atoms with Gasteiger partial charge in [0.25, 0.3) is 0 Å². The largest absolute Gasteiger partial charge is 0.301 e. The van der Waals surface area contributed by atoms with Gasteiger partial charge in [0.1, 0.15) is 0 Å². The lowest BCUT2D eigenvalue weighted by Gasteiger charge is -2.21. The summed E-state index contributed by atoms with van der Waals surface area (Å²) in [5.74, 6) is 0. The quantitative estimate of drug-likeness (QED) is 0.663. The minimum Gasteiger partial charge on any atom is -0.301 e. The van der Waals surface area contributed by atoms with E-state index in [1.54, 1.807) is 22.6 Å².